The zero-order valence-corrected chi connectivity index (χ0v) is 16.9. The molecule has 2 aliphatic rings. The molecule has 1 aromatic heterocycles. The molecule has 3 nitrogen and oxygen atoms in total. The number of benzene rings is 2. The van der Waals surface area contributed by atoms with Crippen LogP contribution in [0, 0.1) is 11.6 Å². The minimum atomic E-state index is -0.330. The number of hydrogen-bond acceptors (Lipinski definition) is 2. The fourth-order valence-electron chi connectivity index (χ4n) is 4.00. The van der Waals surface area contributed by atoms with Crippen molar-refractivity contribution in [2.75, 3.05) is 0 Å². The molecule has 1 N–H and O–H groups in total. The summed E-state index contributed by atoms with van der Waals surface area (Å²) in [6.45, 7) is 4.24. The molecule has 3 aromatic rings. The van der Waals surface area contributed by atoms with Gasteiger partial charge in [-0.05, 0) is 30.2 Å². The maximum atomic E-state index is 14.5. The second-order valence-electron chi connectivity index (χ2n) is 7.73. The van der Waals surface area contributed by atoms with Gasteiger partial charge in [-0.25, -0.2) is 13.8 Å². The second kappa shape index (κ2) is 7.84. The van der Waals surface area contributed by atoms with Crippen molar-refractivity contribution in [3.63, 3.8) is 0 Å². The second-order valence-corrected chi connectivity index (χ2v) is 7.73. The Morgan fingerprint density at radius 2 is 1.77 bits per heavy atom. The molecule has 2 aromatic carbocycles. The van der Waals surface area contributed by atoms with Crippen molar-refractivity contribution in [2.45, 2.75) is 19.3 Å². The molecule has 0 unspecified atom stereocenters. The summed E-state index contributed by atoms with van der Waals surface area (Å²) in [5.41, 5.74) is 5.09. The number of rotatable bonds is 5. The monoisotopic (exact) mass is 413 g/mol. The summed E-state index contributed by atoms with van der Waals surface area (Å²) in [6.07, 6.45) is 9.98. The van der Waals surface area contributed by atoms with E-state index < -0.39 is 0 Å². The fourth-order valence-corrected chi connectivity index (χ4v) is 4.00. The molecule has 5 heteroatoms. The molecule has 2 heterocycles. The molecular formula is C26H21F2N3. The van der Waals surface area contributed by atoms with E-state index >= 15 is 0 Å². The maximum Gasteiger partial charge on any atom is 0.157 e. The van der Waals surface area contributed by atoms with Crippen LogP contribution in [0.1, 0.15) is 23.2 Å². The van der Waals surface area contributed by atoms with Gasteiger partial charge in [0.15, 0.2) is 5.48 Å². The molecule has 0 radical (unpaired) electrons. The van der Waals surface area contributed by atoms with E-state index in [0.717, 1.165) is 17.5 Å². The van der Waals surface area contributed by atoms with Gasteiger partial charge in [0.05, 0.1) is 22.4 Å². The number of imidazole rings is 1. The number of hydrogen-bond donors (Lipinski definition) is 1. The first-order chi connectivity index (χ1) is 15.1. The normalized spacial score (nSPS) is 14.8. The van der Waals surface area contributed by atoms with E-state index in [9.17, 15) is 8.78 Å². The van der Waals surface area contributed by atoms with Gasteiger partial charge in [0.1, 0.15) is 11.6 Å². The van der Waals surface area contributed by atoms with Crippen molar-refractivity contribution in [2.24, 2.45) is 0 Å². The van der Waals surface area contributed by atoms with Crippen LogP contribution in [-0.2, 0) is 12.8 Å². The van der Waals surface area contributed by atoms with Crippen molar-refractivity contribution in [1.82, 2.24) is 14.9 Å². The van der Waals surface area contributed by atoms with Gasteiger partial charge in [0.2, 0.25) is 0 Å². The molecule has 31 heavy (non-hydrogen) atoms. The summed E-state index contributed by atoms with van der Waals surface area (Å²) >= 11 is 0. The zero-order chi connectivity index (χ0) is 21.4. The predicted octanol–water partition coefficient (Wildman–Crippen LogP) is 3.91. The molecule has 0 fully saturated rings. The smallest absolute Gasteiger partial charge is 0.157 e. The van der Waals surface area contributed by atoms with E-state index in [1.165, 1.54) is 17.7 Å². The molecule has 5 rings (SSSR count). The summed E-state index contributed by atoms with van der Waals surface area (Å²) in [6, 6.07) is 13.2. The SMILES string of the molecule is C=c1c(CC2=CC=CC2)nc2n1C=C(c1ccccc1F)NC=2Cc1ccccc1F. The van der Waals surface area contributed by atoms with Crippen LogP contribution in [0.3, 0.4) is 0 Å². The Morgan fingerprint density at radius 1 is 1.00 bits per heavy atom. The van der Waals surface area contributed by atoms with E-state index in [1.807, 2.05) is 16.8 Å². The first kappa shape index (κ1) is 19.2. The number of nitrogens with zero attached hydrogens (tertiary/aromatic N) is 2. The van der Waals surface area contributed by atoms with Gasteiger partial charge in [-0.3, -0.25) is 4.57 Å². The van der Waals surface area contributed by atoms with E-state index in [4.69, 9.17) is 4.98 Å². The lowest BCUT2D eigenvalue weighted by molar-refractivity contribution is 0.614. The zero-order valence-electron chi connectivity index (χ0n) is 16.9. The van der Waals surface area contributed by atoms with Crippen LogP contribution in [0.5, 0.6) is 0 Å². The fraction of sp³-hybridized carbons (Fsp3) is 0.115. The minimum Gasteiger partial charge on any atom is -0.354 e. The van der Waals surface area contributed by atoms with Crippen LogP contribution in [0.4, 0.5) is 8.78 Å². The Kier molecular flexibility index (Phi) is 4.86. The number of halogens is 2. The number of aromatic nitrogens is 2. The first-order valence-electron chi connectivity index (χ1n) is 10.2. The predicted molar refractivity (Wildman–Crippen MR) is 120 cm³/mol. The Bertz CT molecular complexity index is 1380. The summed E-state index contributed by atoms with van der Waals surface area (Å²) in [5.74, 6) is -0.614. The topological polar surface area (TPSA) is 29.9 Å². The lowest BCUT2D eigenvalue weighted by Crippen LogP contribution is -2.35. The van der Waals surface area contributed by atoms with Crippen LogP contribution < -0.4 is 16.1 Å². The largest absolute Gasteiger partial charge is 0.354 e. The van der Waals surface area contributed by atoms with Gasteiger partial charge in [-0.2, -0.15) is 0 Å². The van der Waals surface area contributed by atoms with Crippen molar-refractivity contribution in [3.8, 4) is 0 Å². The minimum absolute atomic E-state index is 0.283. The maximum absolute atomic E-state index is 14.5. The molecular weight excluding hydrogens is 392 g/mol. The molecule has 0 bridgehead atoms. The van der Waals surface area contributed by atoms with Crippen molar-refractivity contribution in [1.29, 1.82) is 0 Å². The average molecular weight is 413 g/mol. The van der Waals surface area contributed by atoms with Crippen LogP contribution in [0.25, 0.3) is 24.2 Å². The van der Waals surface area contributed by atoms with Crippen LogP contribution in [0.2, 0.25) is 0 Å². The molecule has 0 saturated heterocycles. The highest BCUT2D eigenvalue weighted by Gasteiger charge is 2.20. The van der Waals surface area contributed by atoms with E-state index in [1.54, 1.807) is 36.4 Å². The van der Waals surface area contributed by atoms with Crippen LogP contribution in [0.15, 0.2) is 72.3 Å². The molecule has 1 aliphatic heterocycles. The molecule has 0 amide bonds. The van der Waals surface area contributed by atoms with E-state index in [-0.39, 0.29) is 11.6 Å². The summed E-state index contributed by atoms with van der Waals surface area (Å²) in [4.78, 5) is 4.84. The lowest BCUT2D eigenvalue weighted by Gasteiger charge is -2.20. The first-order valence-corrected chi connectivity index (χ1v) is 10.2. The van der Waals surface area contributed by atoms with Crippen LogP contribution >= 0.6 is 0 Å². The Morgan fingerprint density at radius 3 is 2.52 bits per heavy atom. The van der Waals surface area contributed by atoms with Gasteiger partial charge >= 0.3 is 0 Å². The summed E-state index contributed by atoms with van der Waals surface area (Å²) < 4.78 is 30.8. The summed E-state index contributed by atoms with van der Waals surface area (Å²) in [7, 11) is 0. The molecule has 0 atom stereocenters. The third kappa shape index (κ3) is 3.63. The highest BCUT2D eigenvalue weighted by molar-refractivity contribution is 5.81. The molecule has 0 saturated carbocycles. The van der Waals surface area contributed by atoms with Crippen molar-refractivity contribution < 1.29 is 8.78 Å². The number of fused-ring (bicyclic) bond motifs is 1. The Balaban J connectivity index is 1.64. The van der Waals surface area contributed by atoms with E-state index in [0.29, 0.717) is 40.8 Å². The number of nitrogens with one attached hydrogen (secondary N) is 1. The number of allylic oxidation sites excluding steroid dienone is 4. The van der Waals surface area contributed by atoms with Gasteiger partial charge in [-0.15, -0.1) is 0 Å². The standard InChI is InChI=1S/C26H21F2N3/c1-17-23(14-18-8-2-3-9-18)30-26-24(15-19-10-4-6-12-21(19)27)29-25(16-31(17)26)20-11-5-7-13-22(20)28/h2-8,10-13,16,29H,1,9,14-15H2. The highest BCUT2D eigenvalue weighted by Crippen LogP contribution is 2.22. The van der Waals surface area contributed by atoms with Gasteiger partial charge in [0.25, 0.3) is 0 Å². The van der Waals surface area contributed by atoms with Gasteiger partial charge < -0.3 is 5.32 Å². The molecule has 1 aliphatic carbocycles. The van der Waals surface area contributed by atoms with Gasteiger partial charge in [0, 0.05) is 24.6 Å². The third-order valence-corrected chi connectivity index (χ3v) is 5.64. The quantitative estimate of drug-likeness (QED) is 0.687. The summed E-state index contributed by atoms with van der Waals surface area (Å²) in [5, 5.41) is 4.06. The average Bonchev–Trinajstić information content (AvgIpc) is 3.39. The molecule has 154 valence electrons. The third-order valence-electron chi connectivity index (χ3n) is 5.64. The highest BCUT2D eigenvalue weighted by atomic mass is 19.1. The Hall–Kier alpha value is -3.73. The van der Waals surface area contributed by atoms with Crippen molar-refractivity contribution in [3.05, 3.63) is 112 Å². The van der Waals surface area contributed by atoms with Crippen LogP contribution in [-0.4, -0.2) is 9.55 Å². The molecule has 0 spiro atoms. The Labute approximate surface area is 179 Å². The lowest BCUT2D eigenvalue weighted by atomic mass is 10.1. The van der Waals surface area contributed by atoms with Crippen molar-refractivity contribution >= 4 is 24.2 Å². The van der Waals surface area contributed by atoms with Gasteiger partial charge in [-0.1, -0.05) is 60.7 Å². The van der Waals surface area contributed by atoms with E-state index in [2.05, 4.69) is 24.0 Å².